The van der Waals surface area contributed by atoms with Crippen LogP contribution in [0.2, 0.25) is 5.02 Å². The Bertz CT molecular complexity index is 364. The lowest BCUT2D eigenvalue weighted by molar-refractivity contribution is 0.121. The van der Waals surface area contributed by atoms with E-state index in [9.17, 15) is 5.11 Å². The van der Waals surface area contributed by atoms with Gasteiger partial charge in [-0.05, 0) is 30.0 Å². The van der Waals surface area contributed by atoms with Gasteiger partial charge in [0.2, 0.25) is 0 Å². The fourth-order valence-corrected chi connectivity index (χ4v) is 1.74. The molecule has 84 valence electrons. The Labute approximate surface area is 94.8 Å². The third-order valence-corrected chi connectivity index (χ3v) is 2.89. The van der Waals surface area contributed by atoms with Gasteiger partial charge >= 0.3 is 0 Å². The van der Waals surface area contributed by atoms with Crippen LogP contribution in [-0.4, -0.2) is 5.11 Å². The lowest BCUT2D eigenvalue weighted by atomic mass is 9.96. The van der Waals surface area contributed by atoms with Crippen LogP contribution in [0.4, 0.5) is 0 Å². The van der Waals surface area contributed by atoms with Crippen molar-refractivity contribution in [1.29, 1.82) is 0 Å². The normalized spacial score (nSPS) is 11.1. The van der Waals surface area contributed by atoms with Gasteiger partial charge in [0.1, 0.15) is 5.75 Å². The predicted molar refractivity (Wildman–Crippen MR) is 60.9 cm³/mol. The largest absolute Gasteiger partial charge is 0.507 e. The molecule has 0 aliphatic rings. The smallest absolute Gasteiger partial charge is 0.124 e. The van der Waals surface area contributed by atoms with Crippen LogP contribution in [0.25, 0.3) is 0 Å². The first kappa shape index (κ1) is 12.3. The number of phenolic OH excluding ortho intramolecular Hbond substituents is 1. The second-order valence-electron chi connectivity index (χ2n) is 3.87. The van der Waals surface area contributed by atoms with E-state index in [-0.39, 0.29) is 18.3 Å². The minimum absolute atomic E-state index is 0.165. The number of nitrogens with two attached hydrogens (primary N) is 1. The Kier molecular flexibility index (Phi) is 3.97. The van der Waals surface area contributed by atoms with Gasteiger partial charge in [0.25, 0.3) is 0 Å². The average Bonchev–Trinajstić information content (AvgIpc) is 2.18. The fourth-order valence-electron chi connectivity index (χ4n) is 1.51. The number of aromatic hydroxyl groups is 1. The van der Waals surface area contributed by atoms with E-state index < -0.39 is 0 Å². The quantitative estimate of drug-likeness (QED) is 0.784. The predicted octanol–water partition coefficient (Wildman–Crippen LogP) is 2.87. The molecule has 0 saturated carbocycles. The highest BCUT2D eigenvalue weighted by molar-refractivity contribution is 6.31. The molecule has 1 aromatic rings. The molecule has 0 radical (unpaired) electrons. The highest BCUT2D eigenvalue weighted by Gasteiger charge is 2.15. The third kappa shape index (κ3) is 2.43. The molecule has 0 aromatic heterocycles. The Morgan fingerprint density at radius 1 is 1.53 bits per heavy atom. The van der Waals surface area contributed by atoms with Crippen LogP contribution in [0.15, 0.2) is 6.07 Å². The summed E-state index contributed by atoms with van der Waals surface area (Å²) < 4.78 is 0. The Balaban J connectivity index is 3.35. The first-order valence-electron chi connectivity index (χ1n) is 4.81. The molecule has 0 unspecified atom stereocenters. The van der Waals surface area contributed by atoms with Crippen molar-refractivity contribution in [3.63, 3.8) is 0 Å². The maximum Gasteiger partial charge on any atom is 0.124 e. The van der Waals surface area contributed by atoms with Gasteiger partial charge < -0.3 is 5.11 Å². The van der Waals surface area contributed by atoms with Gasteiger partial charge in [-0.25, -0.2) is 5.90 Å². The van der Waals surface area contributed by atoms with Crippen molar-refractivity contribution in [3.05, 3.63) is 27.8 Å². The molecule has 4 heteroatoms. The summed E-state index contributed by atoms with van der Waals surface area (Å²) in [6, 6.07) is 1.79. The highest BCUT2D eigenvalue weighted by atomic mass is 35.5. The molecule has 15 heavy (non-hydrogen) atoms. The van der Waals surface area contributed by atoms with Crippen molar-refractivity contribution in [1.82, 2.24) is 0 Å². The van der Waals surface area contributed by atoms with Crippen LogP contribution >= 0.6 is 11.6 Å². The molecular weight excluding hydrogens is 214 g/mol. The third-order valence-electron chi connectivity index (χ3n) is 2.50. The first-order chi connectivity index (χ1) is 6.99. The molecule has 0 heterocycles. The SMILES string of the molecule is Cc1c(Cl)cc(C(C)C)c(O)c1CON. The molecule has 1 aromatic carbocycles. The summed E-state index contributed by atoms with van der Waals surface area (Å²) >= 11 is 6.06. The molecule has 0 fully saturated rings. The van der Waals surface area contributed by atoms with E-state index in [1.165, 1.54) is 0 Å². The molecule has 3 N–H and O–H groups in total. The zero-order chi connectivity index (χ0) is 11.6. The van der Waals surface area contributed by atoms with Crippen molar-refractivity contribution >= 4 is 11.6 Å². The number of rotatable bonds is 3. The Hall–Kier alpha value is -0.770. The number of halogens is 1. The van der Waals surface area contributed by atoms with Crippen LogP contribution < -0.4 is 5.90 Å². The minimum atomic E-state index is 0.165. The molecular formula is C11H16ClNO2. The molecule has 3 nitrogen and oxygen atoms in total. The maximum absolute atomic E-state index is 10.0. The molecule has 0 amide bonds. The van der Waals surface area contributed by atoms with Gasteiger partial charge in [0.05, 0.1) is 6.61 Å². The lowest BCUT2D eigenvalue weighted by Gasteiger charge is -2.15. The highest BCUT2D eigenvalue weighted by Crippen LogP contribution is 2.35. The van der Waals surface area contributed by atoms with Crippen LogP contribution in [-0.2, 0) is 11.4 Å². The summed E-state index contributed by atoms with van der Waals surface area (Å²) in [6.07, 6.45) is 0. The van der Waals surface area contributed by atoms with E-state index in [4.69, 9.17) is 17.5 Å². The molecule has 0 saturated heterocycles. The Morgan fingerprint density at radius 2 is 2.13 bits per heavy atom. The molecule has 0 bridgehead atoms. The van der Waals surface area contributed by atoms with Gasteiger partial charge in [-0.1, -0.05) is 25.4 Å². The van der Waals surface area contributed by atoms with Crippen LogP contribution in [0.3, 0.4) is 0 Å². The lowest BCUT2D eigenvalue weighted by Crippen LogP contribution is -2.03. The van der Waals surface area contributed by atoms with E-state index in [0.29, 0.717) is 10.6 Å². The van der Waals surface area contributed by atoms with Crippen molar-refractivity contribution in [2.75, 3.05) is 0 Å². The minimum Gasteiger partial charge on any atom is -0.507 e. The van der Waals surface area contributed by atoms with Crippen LogP contribution in [0, 0.1) is 6.92 Å². The van der Waals surface area contributed by atoms with E-state index in [0.717, 1.165) is 11.1 Å². The van der Waals surface area contributed by atoms with E-state index >= 15 is 0 Å². The summed E-state index contributed by atoms with van der Waals surface area (Å²) in [5.41, 5.74) is 2.29. The Morgan fingerprint density at radius 3 is 2.60 bits per heavy atom. The molecule has 0 atom stereocenters. The van der Waals surface area contributed by atoms with Crippen molar-refractivity contribution in [3.8, 4) is 5.75 Å². The summed E-state index contributed by atoms with van der Waals surface area (Å²) in [6.45, 7) is 5.99. The standard InChI is InChI=1S/C11H16ClNO2/c1-6(2)8-4-10(12)7(3)9(5-15-13)11(8)14/h4,6,14H,5,13H2,1-3H3. The molecule has 0 aliphatic carbocycles. The second kappa shape index (κ2) is 4.84. The van der Waals surface area contributed by atoms with Gasteiger partial charge in [-0.15, -0.1) is 0 Å². The summed E-state index contributed by atoms with van der Waals surface area (Å²) in [4.78, 5) is 4.56. The van der Waals surface area contributed by atoms with Gasteiger partial charge in [0.15, 0.2) is 0 Å². The molecule has 1 rings (SSSR count). The summed E-state index contributed by atoms with van der Waals surface area (Å²) in [5.74, 6) is 5.46. The number of hydrogen-bond donors (Lipinski definition) is 2. The first-order valence-corrected chi connectivity index (χ1v) is 5.19. The molecule has 0 spiro atoms. The van der Waals surface area contributed by atoms with Crippen molar-refractivity contribution < 1.29 is 9.94 Å². The van der Waals surface area contributed by atoms with Gasteiger partial charge in [-0.3, -0.25) is 4.84 Å². The van der Waals surface area contributed by atoms with E-state index in [1.54, 1.807) is 6.07 Å². The number of phenols is 1. The number of hydrogen-bond acceptors (Lipinski definition) is 3. The topological polar surface area (TPSA) is 55.5 Å². The van der Waals surface area contributed by atoms with Crippen molar-refractivity contribution in [2.45, 2.75) is 33.3 Å². The van der Waals surface area contributed by atoms with E-state index in [1.807, 2.05) is 20.8 Å². The maximum atomic E-state index is 10.0. The zero-order valence-corrected chi connectivity index (χ0v) is 9.93. The zero-order valence-electron chi connectivity index (χ0n) is 9.17. The molecule has 0 aliphatic heterocycles. The van der Waals surface area contributed by atoms with Crippen molar-refractivity contribution in [2.24, 2.45) is 5.90 Å². The monoisotopic (exact) mass is 229 g/mol. The van der Waals surface area contributed by atoms with Gasteiger partial charge in [-0.2, -0.15) is 0 Å². The summed E-state index contributed by atoms with van der Waals surface area (Å²) in [7, 11) is 0. The summed E-state index contributed by atoms with van der Waals surface area (Å²) in [5, 5.41) is 10.6. The van der Waals surface area contributed by atoms with Crippen LogP contribution in [0.1, 0.15) is 36.5 Å². The van der Waals surface area contributed by atoms with Crippen LogP contribution in [0.5, 0.6) is 5.75 Å². The fraction of sp³-hybridized carbons (Fsp3) is 0.455. The second-order valence-corrected chi connectivity index (χ2v) is 4.27. The van der Waals surface area contributed by atoms with E-state index in [2.05, 4.69) is 4.84 Å². The van der Waals surface area contributed by atoms with Gasteiger partial charge in [0, 0.05) is 10.6 Å². The number of benzene rings is 1. The average molecular weight is 230 g/mol.